The quantitative estimate of drug-likeness (QED) is 0.430. The lowest BCUT2D eigenvalue weighted by Crippen LogP contribution is -2.43. The molecule has 0 spiro atoms. The number of hydrogen-bond donors (Lipinski definition) is 2. The summed E-state index contributed by atoms with van der Waals surface area (Å²) in [5, 5.41) is 6.32. The van der Waals surface area contributed by atoms with Gasteiger partial charge in [0.1, 0.15) is 0 Å². The number of piperidine rings is 1. The van der Waals surface area contributed by atoms with E-state index in [1.54, 1.807) is 24.5 Å². The van der Waals surface area contributed by atoms with Crippen molar-refractivity contribution >= 4 is 23.6 Å². The topological polar surface area (TPSA) is 77.6 Å². The van der Waals surface area contributed by atoms with Gasteiger partial charge in [0.05, 0.1) is 0 Å². The molecule has 0 atom stereocenters. The Hall–Kier alpha value is -3.19. The van der Waals surface area contributed by atoms with Gasteiger partial charge < -0.3 is 20.4 Å². The van der Waals surface area contributed by atoms with Crippen LogP contribution in [0.25, 0.3) is 6.08 Å². The van der Waals surface area contributed by atoms with Crippen molar-refractivity contribution < 1.29 is 9.59 Å². The second-order valence-electron chi connectivity index (χ2n) is 9.43. The summed E-state index contributed by atoms with van der Waals surface area (Å²) in [5.74, 6) is 0.745. The van der Waals surface area contributed by atoms with Gasteiger partial charge in [-0.2, -0.15) is 0 Å². The van der Waals surface area contributed by atoms with E-state index >= 15 is 0 Å². The number of unbranched alkanes of at least 4 members (excludes halogenated alkanes) is 1. The third kappa shape index (κ3) is 7.65. The first-order valence-electron chi connectivity index (χ1n) is 12.9. The molecule has 0 saturated carbocycles. The highest BCUT2D eigenvalue weighted by Gasteiger charge is 2.23. The van der Waals surface area contributed by atoms with Crippen molar-refractivity contribution in [3.63, 3.8) is 0 Å². The number of carbonyl (C=O) groups is 2. The van der Waals surface area contributed by atoms with Crippen molar-refractivity contribution in [1.29, 1.82) is 0 Å². The van der Waals surface area contributed by atoms with E-state index in [9.17, 15) is 9.59 Å². The lowest BCUT2D eigenvalue weighted by molar-refractivity contribution is -0.116. The molecule has 2 aromatic rings. The number of carbonyl (C=O) groups excluding carboxylic acids is 2. The molecule has 2 aliphatic heterocycles. The molecule has 35 heavy (non-hydrogen) atoms. The predicted octanol–water partition coefficient (Wildman–Crippen LogP) is 3.34. The van der Waals surface area contributed by atoms with Crippen LogP contribution in [0.2, 0.25) is 0 Å². The lowest BCUT2D eigenvalue weighted by atomic mass is 9.91. The summed E-state index contributed by atoms with van der Waals surface area (Å²) in [4.78, 5) is 33.3. The van der Waals surface area contributed by atoms with E-state index in [1.165, 1.54) is 5.69 Å². The Morgan fingerprint density at radius 2 is 1.80 bits per heavy atom. The Balaban J connectivity index is 1.10. The standard InChI is InChI=1S/C28H37N5O2/c34-27(11-6-24-5-3-14-30-22-24)31-15-2-1-4-23-12-18-33(19-13-23)28(35)25-7-9-26(10-8-25)32-20-16-29-17-21-32/h3,5-11,14,22-23,29H,1-2,4,12-13,15-21H2,(H,31,34)/b11-6+. The molecule has 0 unspecified atom stereocenters. The smallest absolute Gasteiger partial charge is 0.253 e. The van der Waals surface area contributed by atoms with Gasteiger partial charge in [0.25, 0.3) is 5.91 Å². The van der Waals surface area contributed by atoms with Crippen molar-refractivity contribution in [3.8, 4) is 0 Å². The molecule has 2 saturated heterocycles. The van der Waals surface area contributed by atoms with Crippen LogP contribution in [-0.2, 0) is 4.79 Å². The number of piperazine rings is 1. The SMILES string of the molecule is O=C(/C=C/c1cccnc1)NCCCCC1CCN(C(=O)c2ccc(N3CCNCC3)cc2)CC1. The first kappa shape index (κ1) is 24.9. The Kier molecular flexibility index (Phi) is 9.29. The van der Waals surface area contributed by atoms with E-state index in [2.05, 4.69) is 32.7 Å². The Morgan fingerprint density at radius 1 is 1.03 bits per heavy atom. The molecule has 7 nitrogen and oxygen atoms in total. The van der Waals surface area contributed by atoms with Crippen LogP contribution < -0.4 is 15.5 Å². The number of pyridine rings is 1. The average Bonchev–Trinajstić information content (AvgIpc) is 2.93. The molecule has 0 aliphatic carbocycles. The van der Waals surface area contributed by atoms with Gasteiger partial charge in [-0.05, 0) is 67.2 Å². The lowest BCUT2D eigenvalue weighted by Gasteiger charge is -2.32. The summed E-state index contributed by atoms with van der Waals surface area (Å²) >= 11 is 0. The molecular formula is C28H37N5O2. The number of benzene rings is 1. The number of hydrogen-bond acceptors (Lipinski definition) is 5. The van der Waals surface area contributed by atoms with Gasteiger partial charge in [0.2, 0.25) is 5.91 Å². The van der Waals surface area contributed by atoms with Crippen LogP contribution >= 0.6 is 0 Å². The highest BCUT2D eigenvalue weighted by Crippen LogP contribution is 2.24. The number of nitrogens with one attached hydrogen (secondary N) is 2. The van der Waals surface area contributed by atoms with Crippen molar-refractivity contribution in [2.45, 2.75) is 32.1 Å². The molecule has 2 amide bonds. The maximum absolute atomic E-state index is 13.0. The fourth-order valence-corrected chi connectivity index (χ4v) is 4.82. The van der Waals surface area contributed by atoms with Gasteiger partial charge in [-0.3, -0.25) is 14.6 Å². The molecule has 2 N–H and O–H groups in total. The van der Waals surface area contributed by atoms with E-state index < -0.39 is 0 Å². The minimum absolute atomic E-state index is 0.0679. The summed E-state index contributed by atoms with van der Waals surface area (Å²) < 4.78 is 0. The van der Waals surface area contributed by atoms with Gasteiger partial charge in [0.15, 0.2) is 0 Å². The minimum atomic E-state index is -0.0679. The Labute approximate surface area is 208 Å². The molecule has 0 bridgehead atoms. The minimum Gasteiger partial charge on any atom is -0.369 e. The third-order valence-corrected chi connectivity index (χ3v) is 6.95. The van der Waals surface area contributed by atoms with Crippen LogP contribution in [0, 0.1) is 5.92 Å². The van der Waals surface area contributed by atoms with Crippen molar-refractivity contribution in [3.05, 3.63) is 66.0 Å². The summed E-state index contributed by atoms with van der Waals surface area (Å²) in [6.07, 6.45) is 12.1. The van der Waals surface area contributed by atoms with Gasteiger partial charge in [-0.25, -0.2) is 0 Å². The third-order valence-electron chi connectivity index (χ3n) is 6.95. The van der Waals surface area contributed by atoms with Crippen molar-refractivity contribution in [2.75, 3.05) is 50.7 Å². The van der Waals surface area contributed by atoms with E-state index in [1.807, 2.05) is 29.2 Å². The number of amides is 2. The van der Waals surface area contributed by atoms with Crippen molar-refractivity contribution in [2.24, 2.45) is 5.92 Å². The van der Waals surface area contributed by atoms with E-state index in [0.29, 0.717) is 12.5 Å². The van der Waals surface area contributed by atoms with Crippen LogP contribution in [-0.4, -0.2) is 67.5 Å². The van der Waals surface area contributed by atoms with Gasteiger partial charge >= 0.3 is 0 Å². The van der Waals surface area contributed by atoms with E-state index in [-0.39, 0.29) is 11.8 Å². The van der Waals surface area contributed by atoms with Crippen molar-refractivity contribution in [1.82, 2.24) is 20.5 Å². The van der Waals surface area contributed by atoms with Crippen LogP contribution in [0.5, 0.6) is 0 Å². The van der Waals surface area contributed by atoms with Crippen LogP contribution in [0.15, 0.2) is 54.9 Å². The summed E-state index contributed by atoms with van der Waals surface area (Å²) in [6.45, 7) is 6.39. The molecule has 0 radical (unpaired) electrons. The highest BCUT2D eigenvalue weighted by molar-refractivity contribution is 5.94. The van der Waals surface area contributed by atoms with Crippen LogP contribution in [0.1, 0.15) is 48.0 Å². The first-order valence-corrected chi connectivity index (χ1v) is 12.9. The second kappa shape index (κ2) is 13.0. The zero-order valence-corrected chi connectivity index (χ0v) is 20.5. The molecule has 4 rings (SSSR count). The molecular weight excluding hydrogens is 438 g/mol. The maximum Gasteiger partial charge on any atom is 0.253 e. The molecule has 7 heteroatoms. The molecule has 1 aromatic carbocycles. The largest absolute Gasteiger partial charge is 0.369 e. The zero-order valence-electron chi connectivity index (χ0n) is 20.5. The molecule has 2 fully saturated rings. The summed E-state index contributed by atoms with van der Waals surface area (Å²) in [5.41, 5.74) is 2.90. The second-order valence-corrected chi connectivity index (χ2v) is 9.43. The Bertz CT molecular complexity index is 963. The monoisotopic (exact) mass is 475 g/mol. The zero-order chi connectivity index (χ0) is 24.3. The fraction of sp³-hybridized carbons (Fsp3) is 0.464. The molecule has 3 heterocycles. The van der Waals surface area contributed by atoms with E-state index in [4.69, 9.17) is 0 Å². The summed E-state index contributed by atoms with van der Waals surface area (Å²) in [7, 11) is 0. The molecule has 186 valence electrons. The highest BCUT2D eigenvalue weighted by atomic mass is 16.2. The van der Waals surface area contributed by atoms with E-state index in [0.717, 1.165) is 82.5 Å². The average molecular weight is 476 g/mol. The normalized spacial score (nSPS) is 17.0. The number of rotatable bonds is 9. The Morgan fingerprint density at radius 3 is 2.51 bits per heavy atom. The fourth-order valence-electron chi connectivity index (χ4n) is 4.82. The van der Waals surface area contributed by atoms with Crippen LogP contribution in [0.4, 0.5) is 5.69 Å². The molecule has 1 aromatic heterocycles. The molecule has 2 aliphatic rings. The number of anilines is 1. The predicted molar refractivity (Wildman–Crippen MR) is 140 cm³/mol. The first-order chi connectivity index (χ1) is 17.2. The van der Waals surface area contributed by atoms with Gasteiger partial charge in [-0.15, -0.1) is 0 Å². The number of likely N-dealkylation sites (tertiary alicyclic amines) is 1. The number of aromatic nitrogens is 1. The number of nitrogens with zero attached hydrogens (tertiary/aromatic N) is 3. The maximum atomic E-state index is 13.0. The van der Waals surface area contributed by atoms with Crippen LogP contribution in [0.3, 0.4) is 0 Å². The van der Waals surface area contributed by atoms with Gasteiger partial charge in [0, 0.05) is 75.5 Å². The summed E-state index contributed by atoms with van der Waals surface area (Å²) in [6, 6.07) is 11.9. The van der Waals surface area contributed by atoms with Gasteiger partial charge in [-0.1, -0.05) is 18.9 Å².